The highest BCUT2D eigenvalue weighted by Crippen LogP contribution is 2.58. The summed E-state index contributed by atoms with van der Waals surface area (Å²) in [6.07, 6.45) is 2.02. The minimum atomic E-state index is -0.951. The lowest BCUT2D eigenvalue weighted by atomic mass is 10.1. The molecular weight excluding hydrogens is 296 g/mol. The molecule has 0 bridgehead atoms. The average molecular weight is 316 g/mol. The van der Waals surface area contributed by atoms with E-state index in [0.29, 0.717) is 11.3 Å². The predicted octanol–water partition coefficient (Wildman–Crippen LogP) is 1.87. The van der Waals surface area contributed by atoms with Gasteiger partial charge in [0, 0.05) is 17.3 Å². The lowest BCUT2D eigenvalue weighted by molar-refractivity contribution is -0.140. The summed E-state index contributed by atoms with van der Waals surface area (Å²) in [5.41, 5.74) is 0.446. The number of rotatable bonds is 5. The molecule has 0 aliphatic heterocycles. The Bertz CT molecular complexity index is 679. The van der Waals surface area contributed by atoms with Crippen molar-refractivity contribution in [2.75, 3.05) is 5.32 Å². The Morgan fingerprint density at radius 2 is 1.87 bits per heavy atom. The Labute approximate surface area is 134 Å². The maximum atomic E-state index is 12.3. The van der Waals surface area contributed by atoms with Crippen LogP contribution in [0.25, 0.3) is 0 Å². The molecule has 0 saturated heterocycles. The summed E-state index contributed by atoms with van der Waals surface area (Å²) in [6, 6.07) is 6.96. The number of aliphatic carboxylic acids is 1. The Morgan fingerprint density at radius 1 is 1.17 bits per heavy atom. The highest BCUT2D eigenvalue weighted by Gasteiger charge is 2.65. The fourth-order valence-corrected chi connectivity index (χ4v) is 3.04. The third-order valence-corrected chi connectivity index (χ3v) is 4.68. The number of anilines is 1. The molecule has 0 spiro atoms. The topological polar surface area (TPSA) is 95.5 Å². The second-order valence-electron chi connectivity index (χ2n) is 6.93. The van der Waals surface area contributed by atoms with Gasteiger partial charge in [-0.3, -0.25) is 14.4 Å². The molecule has 2 aliphatic carbocycles. The first-order chi connectivity index (χ1) is 10.8. The van der Waals surface area contributed by atoms with Crippen molar-refractivity contribution in [2.45, 2.75) is 32.7 Å². The van der Waals surface area contributed by atoms with Gasteiger partial charge in [0.2, 0.25) is 5.91 Å². The van der Waals surface area contributed by atoms with Crippen molar-refractivity contribution >= 4 is 23.5 Å². The molecule has 0 radical (unpaired) electrons. The van der Waals surface area contributed by atoms with Gasteiger partial charge >= 0.3 is 5.97 Å². The molecule has 2 aliphatic rings. The van der Waals surface area contributed by atoms with Gasteiger partial charge in [-0.1, -0.05) is 19.9 Å². The van der Waals surface area contributed by atoms with Crippen LogP contribution in [0, 0.1) is 17.3 Å². The van der Waals surface area contributed by atoms with E-state index in [9.17, 15) is 14.4 Å². The van der Waals surface area contributed by atoms with Crippen molar-refractivity contribution in [1.82, 2.24) is 5.32 Å². The van der Waals surface area contributed by atoms with Gasteiger partial charge in [-0.2, -0.15) is 0 Å². The van der Waals surface area contributed by atoms with E-state index in [4.69, 9.17) is 5.11 Å². The highest BCUT2D eigenvalue weighted by molar-refractivity contribution is 6.01. The van der Waals surface area contributed by atoms with E-state index in [0.717, 1.165) is 12.8 Å². The summed E-state index contributed by atoms with van der Waals surface area (Å²) >= 11 is 0. The normalized spacial score (nSPS) is 24.6. The number of hydrogen-bond donors (Lipinski definition) is 3. The smallest absolute Gasteiger partial charge is 0.307 e. The van der Waals surface area contributed by atoms with E-state index in [1.54, 1.807) is 38.1 Å². The largest absolute Gasteiger partial charge is 0.481 e. The van der Waals surface area contributed by atoms with E-state index >= 15 is 0 Å². The number of carbonyl (C=O) groups is 3. The van der Waals surface area contributed by atoms with Crippen LogP contribution in [0.1, 0.15) is 37.0 Å². The molecule has 23 heavy (non-hydrogen) atoms. The molecule has 2 fully saturated rings. The number of carboxylic acid groups (broad SMARTS) is 1. The molecular formula is C17H20N2O4. The molecule has 3 rings (SSSR count). The summed E-state index contributed by atoms with van der Waals surface area (Å²) in [6.45, 7) is 3.55. The van der Waals surface area contributed by atoms with E-state index in [2.05, 4.69) is 10.6 Å². The van der Waals surface area contributed by atoms with Crippen LogP contribution in [0.5, 0.6) is 0 Å². The lowest BCUT2D eigenvalue weighted by Crippen LogP contribution is -2.25. The number of amides is 2. The standard InChI is InChI=1S/C17H20N2O4/c1-17(2)12(13(17)16(22)23)15(21)19-11-5-3-4-9(8-11)14(20)18-10-6-7-10/h3-5,8,10,12-13H,6-7H2,1-2H3,(H,18,20)(H,19,21)(H,22,23)/t12-,13+/m1/s1. The molecule has 3 N–H and O–H groups in total. The maximum Gasteiger partial charge on any atom is 0.307 e. The third-order valence-electron chi connectivity index (χ3n) is 4.68. The second kappa shape index (κ2) is 5.37. The van der Waals surface area contributed by atoms with Gasteiger partial charge in [0.25, 0.3) is 5.91 Å². The van der Waals surface area contributed by atoms with Crippen molar-refractivity contribution < 1.29 is 19.5 Å². The van der Waals surface area contributed by atoms with Crippen molar-refractivity contribution in [3.05, 3.63) is 29.8 Å². The average Bonchev–Trinajstić information content (AvgIpc) is 3.36. The van der Waals surface area contributed by atoms with Crippen LogP contribution in [0.4, 0.5) is 5.69 Å². The molecule has 0 aromatic heterocycles. The quantitative estimate of drug-likeness (QED) is 0.773. The first kappa shape index (κ1) is 15.5. The monoisotopic (exact) mass is 316 g/mol. The van der Waals surface area contributed by atoms with Crippen molar-refractivity contribution in [1.29, 1.82) is 0 Å². The summed E-state index contributed by atoms with van der Waals surface area (Å²) in [5.74, 6) is -2.64. The van der Waals surface area contributed by atoms with Crippen LogP contribution >= 0.6 is 0 Å². The van der Waals surface area contributed by atoms with Gasteiger partial charge in [-0.05, 0) is 36.5 Å². The zero-order chi connectivity index (χ0) is 16.8. The zero-order valence-corrected chi connectivity index (χ0v) is 13.1. The third kappa shape index (κ3) is 3.06. The maximum absolute atomic E-state index is 12.3. The fourth-order valence-electron chi connectivity index (χ4n) is 3.04. The minimum absolute atomic E-state index is 0.154. The summed E-state index contributed by atoms with van der Waals surface area (Å²) in [5, 5.41) is 14.8. The predicted molar refractivity (Wildman–Crippen MR) is 84.0 cm³/mol. The number of carboxylic acids is 1. The number of carbonyl (C=O) groups excluding carboxylic acids is 2. The lowest BCUT2D eigenvalue weighted by Gasteiger charge is -2.08. The van der Waals surface area contributed by atoms with E-state index in [1.807, 2.05) is 0 Å². The van der Waals surface area contributed by atoms with Gasteiger partial charge < -0.3 is 15.7 Å². The highest BCUT2D eigenvalue weighted by atomic mass is 16.4. The fraction of sp³-hybridized carbons (Fsp3) is 0.471. The Balaban J connectivity index is 1.67. The first-order valence-electron chi connectivity index (χ1n) is 7.75. The van der Waals surface area contributed by atoms with Crippen LogP contribution < -0.4 is 10.6 Å². The van der Waals surface area contributed by atoms with Gasteiger partial charge in [-0.25, -0.2) is 0 Å². The Kier molecular flexibility index (Phi) is 3.62. The molecule has 122 valence electrons. The molecule has 6 heteroatoms. The zero-order valence-electron chi connectivity index (χ0n) is 13.1. The minimum Gasteiger partial charge on any atom is -0.481 e. The molecule has 2 amide bonds. The summed E-state index contributed by atoms with van der Waals surface area (Å²) in [7, 11) is 0. The van der Waals surface area contributed by atoms with Crippen LogP contribution in [-0.4, -0.2) is 28.9 Å². The van der Waals surface area contributed by atoms with E-state index < -0.39 is 23.2 Å². The molecule has 2 saturated carbocycles. The van der Waals surface area contributed by atoms with Crippen molar-refractivity contribution in [3.8, 4) is 0 Å². The van der Waals surface area contributed by atoms with Crippen LogP contribution in [0.2, 0.25) is 0 Å². The molecule has 0 heterocycles. The summed E-state index contributed by atoms with van der Waals surface area (Å²) in [4.78, 5) is 35.5. The van der Waals surface area contributed by atoms with E-state index in [1.165, 1.54) is 0 Å². The van der Waals surface area contributed by atoms with Crippen molar-refractivity contribution in [2.24, 2.45) is 17.3 Å². The van der Waals surface area contributed by atoms with Crippen LogP contribution in [0.15, 0.2) is 24.3 Å². The Morgan fingerprint density at radius 3 is 2.43 bits per heavy atom. The molecule has 2 atom stereocenters. The Hall–Kier alpha value is -2.37. The SMILES string of the molecule is CC1(C)[C@H](C(=O)O)[C@@H]1C(=O)Nc1cccc(C(=O)NC2CC2)c1. The van der Waals surface area contributed by atoms with Gasteiger partial charge in [0.1, 0.15) is 0 Å². The molecule has 1 aromatic carbocycles. The van der Waals surface area contributed by atoms with Crippen LogP contribution in [-0.2, 0) is 9.59 Å². The van der Waals surface area contributed by atoms with E-state index in [-0.39, 0.29) is 17.9 Å². The second-order valence-corrected chi connectivity index (χ2v) is 6.93. The molecule has 6 nitrogen and oxygen atoms in total. The number of benzene rings is 1. The van der Waals surface area contributed by atoms with Crippen LogP contribution in [0.3, 0.4) is 0 Å². The summed E-state index contributed by atoms with van der Waals surface area (Å²) < 4.78 is 0. The number of hydrogen-bond acceptors (Lipinski definition) is 3. The van der Waals surface area contributed by atoms with Gasteiger partial charge in [-0.15, -0.1) is 0 Å². The first-order valence-corrected chi connectivity index (χ1v) is 7.75. The molecule has 1 aromatic rings. The van der Waals surface area contributed by atoms with Gasteiger partial charge in [0.05, 0.1) is 11.8 Å². The number of nitrogens with one attached hydrogen (secondary N) is 2. The van der Waals surface area contributed by atoms with Gasteiger partial charge in [0.15, 0.2) is 0 Å². The van der Waals surface area contributed by atoms with Crippen molar-refractivity contribution in [3.63, 3.8) is 0 Å². The molecule has 0 unspecified atom stereocenters.